The van der Waals surface area contributed by atoms with Crippen LogP contribution >= 0.6 is 11.3 Å². The van der Waals surface area contributed by atoms with Gasteiger partial charge in [0.15, 0.2) is 5.78 Å². The zero-order chi connectivity index (χ0) is 14.7. The van der Waals surface area contributed by atoms with E-state index in [2.05, 4.69) is 33.7 Å². The van der Waals surface area contributed by atoms with Gasteiger partial charge in [-0.05, 0) is 24.3 Å². The highest BCUT2D eigenvalue weighted by atomic mass is 32.1. The predicted octanol–water partition coefficient (Wildman–Crippen LogP) is 3.66. The number of nitrogens with one attached hydrogen (secondary N) is 1. The molecule has 110 valence electrons. The van der Waals surface area contributed by atoms with Crippen molar-refractivity contribution in [3.05, 3.63) is 39.8 Å². The first-order valence-electron chi connectivity index (χ1n) is 7.44. The summed E-state index contributed by atoms with van der Waals surface area (Å²) >= 11 is 1.72. The van der Waals surface area contributed by atoms with Gasteiger partial charge in [-0.3, -0.25) is 4.79 Å². The average Bonchev–Trinajstić information content (AvgIpc) is 3.01. The van der Waals surface area contributed by atoms with Crippen molar-refractivity contribution in [2.24, 2.45) is 0 Å². The van der Waals surface area contributed by atoms with E-state index < -0.39 is 0 Å². The van der Waals surface area contributed by atoms with Crippen molar-refractivity contribution in [2.75, 3.05) is 11.9 Å². The van der Waals surface area contributed by atoms with E-state index in [1.807, 2.05) is 6.07 Å². The van der Waals surface area contributed by atoms with Gasteiger partial charge < -0.3 is 5.32 Å². The van der Waals surface area contributed by atoms with E-state index in [1.54, 1.807) is 17.5 Å². The summed E-state index contributed by atoms with van der Waals surface area (Å²) in [5.41, 5.74) is 1.59. The molecule has 0 spiro atoms. The van der Waals surface area contributed by atoms with Crippen molar-refractivity contribution in [2.45, 2.75) is 38.5 Å². The Balaban J connectivity index is 1.80. The molecule has 3 rings (SSSR count). The van der Waals surface area contributed by atoms with Crippen LogP contribution in [0, 0.1) is 0 Å². The number of carbonyl (C=O) groups is 1. The molecular formula is C16H19N3OS. The monoisotopic (exact) mass is 301 g/mol. The van der Waals surface area contributed by atoms with Crippen LogP contribution < -0.4 is 5.32 Å². The number of hydrogen-bond acceptors (Lipinski definition) is 5. The van der Waals surface area contributed by atoms with Crippen molar-refractivity contribution < 1.29 is 4.79 Å². The smallest absolute Gasteiger partial charge is 0.222 e. The van der Waals surface area contributed by atoms with Gasteiger partial charge in [0.05, 0.1) is 11.3 Å². The van der Waals surface area contributed by atoms with Gasteiger partial charge >= 0.3 is 0 Å². The molecule has 0 saturated carbocycles. The fourth-order valence-corrected chi connectivity index (χ4v) is 3.46. The number of Topliss-reactive ketones (excluding diaryl/α,β-unsaturated/α-hetero) is 1. The van der Waals surface area contributed by atoms with Gasteiger partial charge in [0.1, 0.15) is 0 Å². The SMILES string of the molecule is CCCCNc1ncc2c(n1)CC(c1cccs1)CC2=O. The number of fused-ring (bicyclic) bond motifs is 1. The van der Waals surface area contributed by atoms with Gasteiger partial charge in [-0.25, -0.2) is 9.97 Å². The number of anilines is 1. The molecular weight excluding hydrogens is 282 g/mol. The minimum atomic E-state index is 0.162. The number of rotatable bonds is 5. The van der Waals surface area contributed by atoms with Crippen LogP contribution in [-0.2, 0) is 6.42 Å². The Labute approximate surface area is 128 Å². The maximum Gasteiger partial charge on any atom is 0.222 e. The number of nitrogens with zero attached hydrogens (tertiary/aromatic N) is 2. The quantitative estimate of drug-likeness (QED) is 0.856. The Morgan fingerprint density at radius 2 is 2.33 bits per heavy atom. The molecule has 2 aromatic rings. The van der Waals surface area contributed by atoms with Crippen molar-refractivity contribution in [1.82, 2.24) is 9.97 Å². The molecule has 0 amide bonds. The lowest BCUT2D eigenvalue weighted by Crippen LogP contribution is -2.21. The van der Waals surface area contributed by atoms with Crippen LogP contribution in [0.4, 0.5) is 5.95 Å². The Hall–Kier alpha value is -1.75. The lowest BCUT2D eigenvalue weighted by molar-refractivity contribution is 0.0963. The molecule has 0 fully saturated rings. The van der Waals surface area contributed by atoms with Crippen LogP contribution in [0.15, 0.2) is 23.7 Å². The summed E-state index contributed by atoms with van der Waals surface area (Å²) in [6, 6.07) is 4.15. The maximum atomic E-state index is 12.3. The number of ketones is 1. The molecule has 21 heavy (non-hydrogen) atoms. The van der Waals surface area contributed by atoms with Crippen molar-refractivity contribution >= 4 is 23.1 Å². The van der Waals surface area contributed by atoms with Crippen molar-refractivity contribution in [3.8, 4) is 0 Å². The molecule has 1 aliphatic carbocycles. The topological polar surface area (TPSA) is 54.9 Å². The Morgan fingerprint density at radius 3 is 3.10 bits per heavy atom. The van der Waals surface area contributed by atoms with E-state index in [0.717, 1.165) is 31.5 Å². The highest BCUT2D eigenvalue weighted by Gasteiger charge is 2.28. The molecule has 2 heterocycles. The second-order valence-corrected chi connectivity index (χ2v) is 6.36. The number of unbranched alkanes of at least 4 members (excludes halogenated alkanes) is 1. The van der Waals surface area contributed by atoms with E-state index in [4.69, 9.17) is 0 Å². The zero-order valence-electron chi connectivity index (χ0n) is 12.1. The van der Waals surface area contributed by atoms with Crippen molar-refractivity contribution in [3.63, 3.8) is 0 Å². The minimum Gasteiger partial charge on any atom is -0.354 e. The molecule has 0 saturated heterocycles. The first-order valence-corrected chi connectivity index (χ1v) is 8.32. The van der Waals surface area contributed by atoms with Crippen LogP contribution in [0.1, 0.15) is 53.0 Å². The largest absolute Gasteiger partial charge is 0.354 e. The molecule has 4 nitrogen and oxygen atoms in total. The number of hydrogen-bond donors (Lipinski definition) is 1. The third-order valence-corrected chi connectivity index (χ3v) is 4.83. The third kappa shape index (κ3) is 3.13. The average molecular weight is 301 g/mol. The Morgan fingerprint density at radius 1 is 1.43 bits per heavy atom. The lowest BCUT2D eigenvalue weighted by atomic mass is 9.86. The predicted molar refractivity (Wildman–Crippen MR) is 85.1 cm³/mol. The van der Waals surface area contributed by atoms with E-state index in [9.17, 15) is 4.79 Å². The first-order chi connectivity index (χ1) is 10.3. The summed E-state index contributed by atoms with van der Waals surface area (Å²) in [7, 11) is 0. The van der Waals surface area contributed by atoms with E-state index in [0.29, 0.717) is 17.9 Å². The van der Waals surface area contributed by atoms with Gasteiger partial charge in [-0.15, -0.1) is 11.3 Å². The summed E-state index contributed by atoms with van der Waals surface area (Å²) in [5, 5.41) is 5.29. The molecule has 2 aromatic heterocycles. The first kappa shape index (κ1) is 14.2. The summed E-state index contributed by atoms with van der Waals surface area (Å²) in [6.07, 6.45) is 5.31. The van der Waals surface area contributed by atoms with Crippen LogP contribution in [-0.4, -0.2) is 22.3 Å². The standard InChI is InChI=1S/C16H19N3OS/c1-2-3-6-17-16-18-10-12-13(19-16)8-11(9-14(12)20)15-5-4-7-21-15/h4-5,7,10-11H,2-3,6,8-9H2,1H3,(H,17,18,19). The second-order valence-electron chi connectivity index (χ2n) is 5.38. The fourth-order valence-electron chi connectivity index (χ4n) is 2.63. The number of thiophene rings is 1. The summed E-state index contributed by atoms with van der Waals surface area (Å²) < 4.78 is 0. The highest BCUT2D eigenvalue weighted by Crippen LogP contribution is 2.34. The van der Waals surface area contributed by atoms with Crippen LogP contribution in [0.3, 0.4) is 0 Å². The van der Waals surface area contributed by atoms with Gasteiger partial charge in [-0.2, -0.15) is 0 Å². The van der Waals surface area contributed by atoms with Crippen LogP contribution in [0.25, 0.3) is 0 Å². The van der Waals surface area contributed by atoms with Gasteiger partial charge in [0, 0.05) is 30.0 Å². The fraction of sp³-hybridized carbons (Fsp3) is 0.438. The molecule has 0 aliphatic heterocycles. The third-order valence-electron chi connectivity index (χ3n) is 3.80. The summed E-state index contributed by atoms with van der Waals surface area (Å²) in [5.74, 6) is 1.07. The van der Waals surface area contributed by atoms with Gasteiger partial charge in [0.25, 0.3) is 0 Å². The van der Waals surface area contributed by atoms with E-state index in [-0.39, 0.29) is 11.7 Å². The molecule has 1 aliphatic rings. The number of carbonyl (C=O) groups excluding carboxylic acids is 1. The molecule has 1 N–H and O–H groups in total. The normalized spacial score (nSPS) is 17.6. The van der Waals surface area contributed by atoms with E-state index in [1.165, 1.54) is 4.88 Å². The zero-order valence-corrected chi connectivity index (χ0v) is 12.9. The van der Waals surface area contributed by atoms with Gasteiger partial charge in [0.2, 0.25) is 5.95 Å². The molecule has 5 heteroatoms. The van der Waals surface area contributed by atoms with Gasteiger partial charge in [-0.1, -0.05) is 19.4 Å². The molecule has 0 aromatic carbocycles. The number of aromatic nitrogens is 2. The van der Waals surface area contributed by atoms with Crippen molar-refractivity contribution in [1.29, 1.82) is 0 Å². The lowest BCUT2D eigenvalue weighted by Gasteiger charge is -2.22. The minimum absolute atomic E-state index is 0.162. The Kier molecular flexibility index (Phi) is 4.29. The molecule has 0 radical (unpaired) electrons. The maximum absolute atomic E-state index is 12.3. The highest BCUT2D eigenvalue weighted by molar-refractivity contribution is 7.10. The molecule has 1 atom stereocenters. The molecule has 1 unspecified atom stereocenters. The summed E-state index contributed by atoms with van der Waals surface area (Å²) in [6.45, 7) is 3.03. The molecule has 0 bridgehead atoms. The summed E-state index contributed by atoms with van der Waals surface area (Å²) in [4.78, 5) is 22.4. The van der Waals surface area contributed by atoms with Crippen LogP contribution in [0.2, 0.25) is 0 Å². The van der Waals surface area contributed by atoms with Crippen LogP contribution in [0.5, 0.6) is 0 Å². The second kappa shape index (κ2) is 6.35. The Bertz CT molecular complexity index is 624. The van der Waals surface area contributed by atoms with E-state index >= 15 is 0 Å².